The molecule has 2 rings (SSSR count). The molecule has 0 fully saturated rings. The lowest BCUT2D eigenvalue weighted by Crippen LogP contribution is -2.52. The minimum Gasteiger partial charge on any atom is -0.497 e. The van der Waals surface area contributed by atoms with Gasteiger partial charge in [-0.1, -0.05) is 30.3 Å². The number of carbonyl (C=O) groups excluding carboxylic acids is 2. The number of rotatable bonds is 10. The van der Waals surface area contributed by atoms with E-state index in [1.807, 2.05) is 0 Å². The first-order valence-electron chi connectivity index (χ1n) is 10.0. The predicted octanol–water partition coefficient (Wildman–Crippen LogP) is 1.47. The zero-order valence-corrected chi connectivity index (χ0v) is 19.8. The number of hydrogen-bond acceptors (Lipinski definition) is 5. The fraction of sp³-hybridized carbons (Fsp3) is 0.364. The van der Waals surface area contributed by atoms with Crippen molar-refractivity contribution >= 4 is 27.7 Å². The Bertz CT molecular complexity index is 1010. The molecule has 0 aliphatic heterocycles. The summed E-state index contributed by atoms with van der Waals surface area (Å²) in [6, 6.07) is 14.7. The minimum absolute atomic E-state index is 0.127. The number of nitrogens with zero attached hydrogens (tertiary/aromatic N) is 3. The van der Waals surface area contributed by atoms with E-state index >= 15 is 0 Å². The van der Waals surface area contributed by atoms with Crippen LogP contribution in [0.5, 0.6) is 5.75 Å². The summed E-state index contributed by atoms with van der Waals surface area (Å²) < 4.78 is 33.2. The van der Waals surface area contributed by atoms with E-state index in [4.69, 9.17) is 4.74 Å². The van der Waals surface area contributed by atoms with Crippen LogP contribution in [0.4, 0.5) is 5.69 Å². The van der Waals surface area contributed by atoms with Crippen molar-refractivity contribution in [3.8, 4) is 5.75 Å². The average Bonchev–Trinajstić information content (AvgIpc) is 2.80. The van der Waals surface area contributed by atoms with Gasteiger partial charge < -0.3 is 15.0 Å². The molecule has 0 radical (unpaired) electrons. The molecule has 0 heterocycles. The van der Waals surface area contributed by atoms with E-state index in [0.29, 0.717) is 11.4 Å². The van der Waals surface area contributed by atoms with Crippen LogP contribution in [0.2, 0.25) is 0 Å². The van der Waals surface area contributed by atoms with Gasteiger partial charge in [0, 0.05) is 27.7 Å². The van der Waals surface area contributed by atoms with Crippen LogP contribution in [0.1, 0.15) is 12.5 Å². The van der Waals surface area contributed by atoms with Gasteiger partial charge in [-0.05, 0) is 36.8 Å². The molecular formula is C22H30N4O5S. The van der Waals surface area contributed by atoms with Crippen LogP contribution in [0.15, 0.2) is 54.6 Å². The molecule has 2 amide bonds. The van der Waals surface area contributed by atoms with Gasteiger partial charge in [0.2, 0.25) is 11.8 Å². The molecule has 0 bridgehead atoms. The predicted molar refractivity (Wildman–Crippen MR) is 123 cm³/mol. The Hall–Kier alpha value is -3.11. The first-order chi connectivity index (χ1) is 15.1. The number of para-hydroxylation sites is 1. The SMILES string of the molecule is CNC(=O)[C@H](C)N(Cc1ccc(OC)cc1)C(=O)CN(c1ccccc1)S(=O)(=O)N(C)C. The molecule has 0 unspecified atom stereocenters. The zero-order valence-electron chi connectivity index (χ0n) is 19.0. The smallest absolute Gasteiger partial charge is 0.304 e. The fourth-order valence-corrected chi connectivity index (χ4v) is 4.09. The molecule has 0 aliphatic carbocycles. The molecule has 1 N–H and O–H groups in total. The van der Waals surface area contributed by atoms with Crippen molar-refractivity contribution in [2.45, 2.75) is 19.5 Å². The normalized spacial score (nSPS) is 12.2. The van der Waals surface area contributed by atoms with Crippen LogP contribution in [0.25, 0.3) is 0 Å². The maximum absolute atomic E-state index is 13.4. The van der Waals surface area contributed by atoms with Gasteiger partial charge in [-0.15, -0.1) is 0 Å². The monoisotopic (exact) mass is 462 g/mol. The van der Waals surface area contributed by atoms with Crippen LogP contribution in [0, 0.1) is 0 Å². The van der Waals surface area contributed by atoms with Crippen molar-refractivity contribution in [3.05, 3.63) is 60.2 Å². The lowest BCUT2D eigenvalue weighted by molar-refractivity contribution is -0.139. The van der Waals surface area contributed by atoms with Gasteiger partial charge in [-0.25, -0.2) is 4.31 Å². The average molecular weight is 463 g/mol. The molecule has 10 heteroatoms. The van der Waals surface area contributed by atoms with Crippen LogP contribution in [0.3, 0.4) is 0 Å². The number of nitrogens with one attached hydrogen (secondary N) is 1. The lowest BCUT2D eigenvalue weighted by atomic mass is 10.1. The van der Waals surface area contributed by atoms with E-state index in [0.717, 1.165) is 14.2 Å². The quantitative estimate of drug-likeness (QED) is 0.577. The van der Waals surface area contributed by atoms with E-state index in [9.17, 15) is 18.0 Å². The molecule has 1 atom stereocenters. The van der Waals surface area contributed by atoms with Crippen molar-refractivity contribution in [1.29, 1.82) is 0 Å². The van der Waals surface area contributed by atoms with Crippen LogP contribution in [-0.2, 0) is 26.3 Å². The Balaban J connectivity index is 2.40. The third-order valence-corrected chi connectivity index (χ3v) is 6.81. The molecule has 174 valence electrons. The molecule has 2 aromatic rings. The third-order valence-electron chi connectivity index (χ3n) is 4.99. The molecule has 0 saturated carbocycles. The largest absolute Gasteiger partial charge is 0.497 e. The molecule has 0 saturated heterocycles. The van der Waals surface area contributed by atoms with Gasteiger partial charge >= 0.3 is 10.2 Å². The number of likely N-dealkylation sites (N-methyl/N-ethyl adjacent to an activating group) is 1. The first-order valence-corrected chi connectivity index (χ1v) is 11.4. The number of anilines is 1. The standard InChI is InChI=1S/C22H30N4O5S/c1-17(22(28)23-2)25(15-18-11-13-20(31-5)14-12-18)21(27)16-26(32(29,30)24(3)4)19-9-7-6-8-10-19/h6-14,17H,15-16H2,1-5H3,(H,23,28)/t17-/m0/s1. The molecular weight excluding hydrogens is 432 g/mol. The Morgan fingerprint density at radius 3 is 2.12 bits per heavy atom. The van der Waals surface area contributed by atoms with Gasteiger partial charge in [0.15, 0.2) is 0 Å². The first kappa shape index (κ1) is 25.2. The van der Waals surface area contributed by atoms with Gasteiger partial charge in [0.1, 0.15) is 18.3 Å². The molecule has 0 spiro atoms. The van der Waals surface area contributed by atoms with E-state index < -0.39 is 28.7 Å². The summed E-state index contributed by atoms with van der Waals surface area (Å²) >= 11 is 0. The van der Waals surface area contributed by atoms with E-state index in [-0.39, 0.29) is 12.5 Å². The minimum atomic E-state index is -3.95. The van der Waals surface area contributed by atoms with Gasteiger partial charge in [0.25, 0.3) is 0 Å². The van der Waals surface area contributed by atoms with Crippen molar-refractivity contribution in [3.63, 3.8) is 0 Å². The zero-order chi connectivity index (χ0) is 23.9. The highest BCUT2D eigenvalue weighted by molar-refractivity contribution is 7.90. The molecule has 0 aromatic heterocycles. The lowest BCUT2D eigenvalue weighted by Gasteiger charge is -2.32. The van der Waals surface area contributed by atoms with Gasteiger partial charge in [-0.2, -0.15) is 12.7 Å². The summed E-state index contributed by atoms with van der Waals surface area (Å²) in [5, 5.41) is 2.54. The summed E-state index contributed by atoms with van der Waals surface area (Å²) in [5.74, 6) is -0.196. The third kappa shape index (κ3) is 5.98. The molecule has 9 nitrogen and oxygen atoms in total. The van der Waals surface area contributed by atoms with Crippen LogP contribution < -0.4 is 14.4 Å². The Morgan fingerprint density at radius 1 is 1.03 bits per heavy atom. The number of benzene rings is 2. The Kier molecular flexibility index (Phi) is 8.62. The molecule has 32 heavy (non-hydrogen) atoms. The maximum atomic E-state index is 13.4. The second-order valence-corrected chi connectivity index (χ2v) is 9.36. The van der Waals surface area contributed by atoms with E-state index in [1.165, 1.54) is 26.0 Å². The van der Waals surface area contributed by atoms with Crippen molar-refractivity contribution in [2.24, 2.45) is 0 Å². The molecule has 2 aromatic carbocycles. The maximum Gasteiger partial charge on any atom is 0.304 e. The number of hydrogen-bond donors (Lipinski definition) is 1. The topological polar surface area (TPSA) is 99.3 Å². The second-order valence-electron chi connectivity index (χ2n) is 7.29. The highest BCUT2D eigenvalue weighted by Crippen LogP contribution is 2.21. The summed E-state index contributed by atoms with van der Waals surface area (Å²) in [7, 11) is 1.89. The summed E-state index contributed by atoms with van der Waals surface area (Å²) in [6.07, 6.45) is 0. The Morgan fingerprint density at radius 2 is 1.62 bits per heavy atom. The number of methoxy groups -OCH3 is 1. The fourth-order valence-electron chi connectivity index (χ4n) is 3.03. The Labute approximate surface area is 189 Å². The summed E-state index contributed by atoms with van der Waals surface area (Å²) in [6.45, 7) is 1.28. The van der Waals surface area contributed by atoms with Crippen molar-refractivity contribution < 1.29 is 22.7 Å². The van der Waals surface area contributed by atoms with Crippen LogP contribution >= 0.6 is 0 Å². The van der Waals surface area contributed by atoms with Gasteiger partial charge in [-0.3, -0.25) is 9.59 Å². The van der Waals surface area contributed by atoms with E-state index in [2.05, 4.69) is 5.32 Å². The molecule has 0 aliphatic rings. The van der Waals surface area contributed by atoms with Crippen molar-refractivity contribution in [1.82, 2.24) is 14.5 Å². The highest BCUT2D eigenvalue weighted by atomic mass is 32.2. The summed E-state index contributed by atoms with van der Waals surface area (Å²) in [5.41, 5.74) is 1.13. The summed E-state index contributed by atoms with van der Waals surface area (Å²) in [4.78, 5) is 27.1. The highest BCUT2D eigenvalue weighted by Gasteiger charge is 2.32. The second kappa shape index (κ2) is 11.0. The number of amides is 2. The number of carbonyl (C=O) groups is 2. The van der Waals surface area contributed by atoms with E-state index in [1.54, 1.807) is 68.6 Å². The van der Waals surface area contributed by atoms with Gasteiger partial charge in [0.05, 0.1) is 12.8 Å². The number of ether oxygens (including phenoxy) is 1. The van der Waals surface area contributed by atoms with Crippen LogP contribution in [-0.4, -0.2) is 70.3 Å². The van der Waals surface area contributed by atoms with Crippen molar-refractivity contribution in [2.75, 3.05) is 39.1 Å².